The molecule has 0 saturated carbocycles. The SMILES string of the molecule is CCC(C)[C@H](N)C(=O)NCC(C)(C)N(C)C. The maximum Gasteiger partial charge on any atom is 0.237 e. The number of likely N-dealkylation sites (N-methyl/N-ethyl adjacent to an activating group) is 1. The number of hydrogen-bond donors (Lipinski definition) is 2. The number of carbonyl (C=O) groups is 1. The van der Waals surface area contributed by atoms with Crippen LogP contribution in [0.1, 0.15) is 34.1 Å². The van der Waals surface area contributed by atoms with Crippen molar-refractivity contribution in [1.82, 2.24) is 10.2 Å². The predicted molar refractivity (Wildman–Crippen MR) is 68.2 cm³/mol. The smallest absolute Gasteiger partial charge is 0.237 e. The Hall–Kier alpha value is -0.610. The fourth-order valence-corrected chi connectivity index (χ4v) is 1.09. The Balaban J connectivity index is 4.17. The molecular weight excluding hydrogens is 202 g/mol. The predicted octanol–water partition coefficient (Wildman–Crippen LogP) is 0.816. The summed E-state index contributed by atoms with van der Waals surface area (Å²) in [5, 5.41) is 2.91. The largest absolute Gasteiger partial charge is 0.353 e. The number of carbonyl (C=O) groups excluding carboxylic acids is 1. The molecule has 1 amide bonds. The van der Waals surface area contributed by atoms with E-state index in [1.165, 1.54) is 0 Å². The van der Waals surface area contributed by atoms with Crippen molar-refractivity contribution in [3.05, 3.63) is 0 Å². The minimum Gasteiger partial charge on any atom is -0.353 e. The molecule has 16 heavy (non-hydrogen) atoms. The van der Waals surface area contributed by atoms with Crippen LogP contribution in [0.5, 0.6) is 0 Å². The number of nitrogens with one attached hydrogen (secondary N) is 1. The molecule has 0 aromatic carbocycles. The van der Waals surface area contributed by atoms with E-state index in [0.717, 1.165) is 6.42 Å². The lowest BCUT2D eigenvalue weighted by Crippen LogP contribution is -2.52. The van der Waals surface area contributed by atoms with E-state index in [2.05, 4.69) is 24.1 Å². The summed E-state index contributed by atoms with van der Waals surface area (Å²) in [6.07, 6.45) is 0.922. The van der Waals surface area contributed by atoms with E-state index < -0.39 is 6.04 Å². The van der Waals surface area contributed by atoms with Gasteiger partial charge in [0, 0.05) is 12.1 Å². The first kappa shape index (κ1) is 15.4. The maximum absolute atomic E-state index is 11.8. The molecule has 0 spiro atoms. The van der Waals surface area contributed by atoms with Crippen LogP contribution in [-0.2, 0) is 4.79 Å². The Morgan fingerprint density at radius 1 is 1.44 bits per heavy atom. The molecule has 0 fully saturated rings. The second-order valence-corrected chi connectivity index (χ2v) is 5.34. The highest BCUT2D eigenvalue weighted by atomic mass is 16.2. The van der Waals surface area contributed by atoms with Gasteiger partial charge in [-0.3, -0.25) is 4.79 Å². The highest BCUT2D eigenvalue weighted by molar-refractivity contribution is 5.81. The Labute approximate surface area is 99.6 Å². The van der Waals surface area contributed by atoms with E-state index in [1.807, 2.05) is 27.9 Å². The summed E-state index contributed by atoms with van der Waals surface area (Å²) in [4.78, 5) is 13.8. The summed E-state index contributed by atoms with van der Waals surface area (Å²) in [6.45, 7) is 8.83. The Bertz CT molecular complexity index is 226. The number of rotatable bonds is 6. The molecule has 2 atom stereocenters. The van der Waals surface area contributed by atoms with Gasteiger partial charge in [0.25, 0.3) is 0 Å². The van der Waals surface area contributed by atoms with Gasteiger partial charge in [-0.25, -0.2) is 0 Å². The van der Waals surface area contributed by atoms with Crippen LogP contribution in [-0.4, -0.2) is 43.0 Å². The van der Waals surface area contributed by atoms with Crippen LogP contribution in [0.3, 0.4) is 0 Å². The van der Waals surface area contributed by atoms with Crippen LogP contribution < -0.4 is 11.1 Å². The molecule has 96 valence electrons. The molecule has 0 bridgehead atoms. The summed E-state index contributed by atoms with van der Waals surface area (Å²) in [7, 11) is 4.00. The molecule has 0 aliphatic rings. The molecule has 3 N–H and O–H groups in total. The monoisotopic (exact) mass is 229 g/mol. The molecule has 0 heterocycles. The molecule has 0 radical (unpaired) electrons. The fourth-order valence-electron chi connectivity index (χ4n) is 1.09. The molecule has 4 heteroatoms. The molecule has 0 aliphatic carbocycles. The lowest BCUT2D eigenvalue weighted by molar-refractivity contribution is -0.123. The molecule has 0 rings (SSSR count). The normalized spacial score (nSPS) is 16.0. The van der Waals surface area contributed by atoms with Crippen LogP contribution in [0.25, 0.3) is 0 Å². The fraction of sp³-hybridized carbons (Fsp3) is 0.917. The molecule has 4 nitrogen and oxygen atoms in total. The van der Waals surface area contributed by atoms with Crippen LogP contribution >= 0.6 is 0 Å². The minimum absolute atomic E-state index is 0.0508. The first-order chi connectivity index (χ1) is 7.22. The number of nitrogens with zero attached hydrogens (tertiary/aromatic N) is 1. The summed E-state index contributed by atoms with van der Waals surface area (Å²) in [5.74, 6) is 0.173. The highest BCUT2D eigenvalue weighted by Crippen LogP contribution is 2.09. The van der Waals surface area contributed by atoms with E-state index in [1.54, 1.807) is 0 Å². The van der Waals surface area contributed by atoms with E-state index in [9.17, 15) is 4.79 Å². The quantitative estimate of drug-likeness (QED) is 0.709. The second kappa shape index (κ2) is 6.21. The first-order valence-corrected chi connectivity index (χ1v) is 5.93. The lowest BCUT2D eigenvalue weighted by atomic mass is 9.98. The van der Waals surface area contributed by atoms with Gasteiger partial charge < -0.3 is 16.0 Å². The van der Waals surface area contributed by atoms with Crippen molar-refractivity contribution in [2.75, 3.05) is 20.6 Å². The van der Waals surface area contributed by atoms with Gasteiger partial charge in [-0.1, -0.05) is 20.3 Å². The lowest BCUT2D eigenvalue weighted by Gasteiger charge is -2.33. The molecule has 0 aliphatic heterocycles. The first-order valence-electron chi connectivity index (χ1n) is 5.93. The van der Waals surface area contributed by atoms with E-state index in [0.29, 0.717) is 6.54 Å². The third-order valence-electron chi connectivity index (χ3n) is 3.47. The third-order valence-corrected chi connectivity index (χ3v) is 3.47. The molecular formula is C12H27N3O. The van der Waals surface area contributed by atoms with Crippen molar-refractivity contribution in [2.24, 2.45) is 11.7 Å². The molecule has 1 unspecified atom stereocenters. The van der Waals surface area contributed by atoms with Gasteiger partial charge in [-0.15, -0.1) is 0 Å². The van der Waals surface area contributed by atoms with E-state index >= 15 is 0 Å². The van der Waals surface area contributed by atoms with Crippen molar-refractivity contribution in [2.45, 2.75) is 45.7 Å². The summed E-state index contributed by atoms with van der Waals surface area (Å²) in [6, 6.07) is -0.400. The van der Waals surface area contributed by atoms with Crippen LogP contribution in [0.4, 0.5) is 0 Å². The zero-order valence-corrected chi connectivity index (χ0v) is 11.5. The maximum atomic E-state index is 11.8. The Morgan fingerprint density at radius 3 is 2.31 bits per heavy atom. The van der Waals surface area contributed by atoms with Crippen molar-refractivity contribution in [3.63, 3.8) is 0 Å². The molecule has 0 aromatic rings. The van der Waals surface area contributed by atoms with E-state index in [-0.39, 0.29) is 17.4 Å². The van der Waals surface area contributed by atoms with Crippen LogP contribution in [0.15, 0.2) is 0 Å². The summed E-state index contributed by atoms with van der Waals surface area (Å²) in [5.41, 5.74) is 5.80. The van der Waals surface area contributed by atoms with Crippen molar-refractivity contribution < 1.29 is 4.79 Å². The molecule has 0 saturated heterocycles. The van der Waals surface area contributed by atoms with Gasteiger partial charge in [0.15, 0.2) is 0 Å². The van der Waals surface area contributed by atoms with E-state index in [4.69, 9.17) is 5.73 Å². The van der Waals surface area contributed by atoms with Crippen molar-refractivity contribution in [1.29, 1.82) is 0 Å². The number of nitrogens with two attached hydrogens (primary N) is 1. The van der Waals surface area contributed by atoms with Crippen LogP contribution in [0, 0.1) is 5.92 Å². The van der Waals surface area contributed by atoms with Gasteiger partial charge >= 0.3 is 0 Å². The number of hydrogen-bond acceptors (Lipinski definition) is 3. The van der Waals surface area contributed by atoms with Gasteiger partial charge in [-0.2, -0.15) is 0 Å². The zero-order valence-electron chi connectivity index (χ0n) is 11.5. The zero-order chi connectivity index (χ0) is 12.9. The standard InChI is InChI=1S/C12H27N3O/c1-7-9(2)10(13)11(16)14-8-12(3,4)15(5)6/h9-10H,7-8,13H2,1-6H3,(H,14,16)/t9?,10-/m0/s1. The van der Waals surface area contributed by atoms with Crippen molar-refractivity contribution >= 4 is 5.91 Å². The topological polar surface area (TPSA) is 58.4 Å². The minimum atomic E-state index is -0.400. The third kappa shape index (κ3) is 4.49. The number of amides is 1. The average Bonchev–Trinajstić information content (AvgIpc) is 2.23. The van der Waals surface area contributed by atoms with Gasteiger partial charge in [0.2, 0.25) is 5.91 Å². The average molecular weight is 229 g/mol. The Morgan fingerprint density at radius 2 is 1.94 bits per heavy atom. The van der Waals surface area contributed by atoms with Crippen LogP contribution in [0.2, 0.25) is 0 Å². The Kier molecular flexibility index (Phi) is 5.97. The summed E-state index contributed by atoms with van der Waals surface area (Å²) < 4.78 is 0. The van der Waals surface area contributed by atoms with Gasteiger partial charge in [0.05, 0.1) is 6.04 Å². The summed E-state index contributed by atoms with van der Waals surface area (Å²) >= 11 is 0. The molecule has 0 aromatic heterocycles. The van der Waals surface area contributed by atoms with Gasteiger partial charge in [0.1, 0.15) is 0 Å². The van der Waals surface area contributed by atoms with Crippen molar-refractivity contribution in [3.8, 4) is 0 Å². The highest BCUT2D eigenvalue weighted by Gasteiger charge is 2.24. The van der Waals surface area contributed by atoms with Gasteiger partial charge in [-0.05, 0) is 33.9 Å². The second-order valence-electron chi connectivity index (χ2n) is 5.34.